The molecule has 2 aromatic heterocycles. The number of methoxy groups -OCH3 is 1. The van der Waals surface area contributed by atoms with E-state index in [0.29, 0.717) is 11.5 Å². The van der Waals surface area contributed by atoms with E-state index in [2.05, 4.69) is 15.3 Å². The zero-order valence-corrected chi connectivity index (χ0v) is 14.4. The standard InChI is InChI=1S/C17H23N5O3/c1-24-13-4-2-7-17(13)8-3-9-21(11-17)16(23)10-25-15-6-5-14-19-18-12-22(14)20-15/h5-6,12-13H,2-4,7-11H2,1H3/t13-,17-/m1/s1. The lowest BCUT2D eigenvalue weighted by atomic mass is 9.76. The van der Waals surface area contributed by atoms with Crippen molar-refractivity contribution in [3.8, 4) is 5.88 Å². The molecule has 2 aliphatic rings. The molecule has 0 bridgehead atoms. The molecule has 134 valence electrons. The second-order valence-electron chi connectivity index (χ2n) is 6.99. The van der Waals surface area contributed by atoms with Crippen LogP contribution in [0.15, 0.2) is 18.5 Å². The van der Waals surface area contributed by atoms with Gasteiger partial charge in [0.1, 0.15) is 6.33 Å². The van der Waals surface area contributed by atoms with Gasteiger partial charge in [0.2, 0.25) is 5.88 Å². The van der Waals surface area contributed by atoms with Gasteiger partial charge in [-0.2, -0.15) is 4.52 Å². The lowest BCUT2D eigenvalue weighted by Gasteiger charge is -2.43. The molecular weight excluding hydrogens is 322 g/mol. The first-order valence-corrected chi connectivity index (χ1v) is 8.81. The van der Waals surface area contributed by atoms with Crippen LogP contribution < -0.4 is 4.74 Å². The first-order chi connectivity index (χ1) is 12.2. The maximum atomic E-state index is 12.6. The molecule has 4 rings (SSSR count). The third kappa shape index (κ3) is 3.06. The number of likely N-dealkylation sites (tertiary alicyclic amines) is 1. The predicted molar refractivity (Wildman–Crippen MR) is 89.2 cm³/mol. The normalized spacial score (nSPS) is 26.4. The number of fused-ring (bicyclic) bond motifs is 1. The SMILES string of the molecule is CO[C@@H]1CCC[C@]12CCCN(C(=O)COc1ccc3nncn3n1)C2. The smallest absolute Gasteiger partial charge is 0.260 e. The summed E-state index contributed by atoms with van der Waals surface area (Å²) in [5.41, 5.74) is 0.769. The fourth-order valence-electron chi connectivity index (χ4n) is 4.33. The topological polar surface area (TPSA) is 81.8 Å². The lowest BCUT2D eigenvalue weighted by Crippen LogP contribution is -2.50. The molecule has 2 fully saturated rings. The molecule has 1 saturated heterocycles. The van der Waals surface area contributed by atoms with Crippen molar-refractivity contribution in [3.63, 3.8) is 0 Å². The van der Waals surface area contributed by atoms with Crippen LogP contribution >= 0.6 is 0 Å². The highest BCUT2D eigenvalue weighted by Crippen LogP contribution is 2.46. The summed E-state index contributed by atoms with van der Waals surface area (Å²) in [4.78, 5) is 14.5. The quantitative estimate of drug-likeness (QED) is 0.831. The molecule has 1 spiro atoms. The molecule has 1 aliphatic carbocycles. The second-order valence-corrected chi connectivity index (χ2v) is 6.99. The van der Waals surface area contributed by atoms with Crippen molar-refractivity contribution in [2.75, 3.05) is 26.8 Å². The first kappa shape index (κ1) is 16.3. The van der Waals surface area contributed by atoms with E-state index in [1.165, 1.54) is 17.3 Å². The largest absolute Gasteiger partial charge is 0.467 e. The Hall–Kier alpha value is -2.22. The molecule has 8 heteroatoms. The Morgan fingerprint density at radius 2 is 2.24 bits per heavy atom. The van der Waals surface area contributed by atoms with E-state index in [-0.39, 0.29) is 24.0 Å². The van der Waals surface area contributed by atoms with Gasteiger partial charge >= 0.3 is 0 Å². The molecule has 1 amide bonds. The van der Waals surface area contributed by atoms with Gasteiger partial charge in [0, 0.05) is 31.7 Å². The zero-order chi connectivity index (χ0) is 17.3. The Bertz CT molecular complexity index is 764. The van der Waals surface area contributed by atoms with Crippen molar-refractivity contribution in [2.24, 2.45) is 5.41 Å². The monoisotopic (exact) mass is 345 g/mol. The molecule has 8 nitrogen and oxygen atoms in total. The van der Waals surface area contributed by atoms with Crippen molar-refractivity contribution in [2.45, 2.75) is 38.2 Å². The van der Waals surface area contributed by atoms with Gasteiger partial charge in [-0.25, -0.2) is 0 Å². The first-order valence-electron chi connectivity index (χ1n) is 8.81. The molecular formula is C17H23N5O3. The molecule has 3 heterocycles. The van der Waals surface area contributed by atoms with E-state index >= 15 is 0 Å². The number of amides is 1. The van der Waals surface area contributed by atoms with Crippen molar-refractivity contribution >= 4 is 11.6 Å². The predicted octanol–water partition coefficient (Wildman–Crippen LogP) is 1.31. The average molecular weight is 345 g/mol. The maximum Gasteiger partial charge on any atom is 0.260 e. The molecule has 0 unspecified atom stereocenters. The van der Waals surface area contributed by atoms with Crippen LogP contribution in [-0.2, 0) is 9.53 Å². The molecule has 0 N–H and O–H groups in total. The highest BCUT2D eigenvalue weighted by atomic mass is 16.5. The van der Waals surface area contributed by atoms with Crippen LogP contribution in [0.5, 0.6) is 5.88 Å². The van der Waals surface area contributed by atoms with Crippen LogP contribution in [0.2, 0.25) is 0 Å². The van der Waals surface area contributed by atoms with Gasteiger partial charge in [-0.3, -0.25) is 4.79 Å². The fraction of sp³-hybridized carbons (Fsp3) is 0.647. The van der Waals surface area contributed by atoms with E-state index in [1.54, 1.807) is 19.2 Å². The van der Waals surface area contributed by atoms with Gasteiger partial charge in [-0.1, -0.05) is 6.42 Å². The van der Waals surface area contributed by atoms with E-state index in [1.807, 2.05) is 4.90 Å². The lowest BCUT2D eigenvalue weighted by molar-refractivity contribution is -0.139. The highest BCUT2D eigenvalue weighted by Gasteiger charge is 2.46. The number of nitrogens with zero attached hydrogens (tertiary/aromatic N) is 5. The van der Waals surface area contributed by atoms with Gasteiger partial charge in [-0.05, 0) is 31.7 Å². The minimum absolute atomic E-state index is 0.00559. The third-order valence-corrected chi connectivity index (χ3v) is 5.55. The van der Waals surface area contributed by atoms with Gasteiger partial charge in [0.15, 0.2) is 12.3 Å². The highest BCUT2D eigenvalue weighted by molar-refractivity contribution is 5.78. The third-order valence-electron chi connectivity index (χ3n) is 5.55. The summed E-state index contributed by atoms with van der Waals surface area (Å²) in [7, 11) is 1.79. The number of carbonyl (C=O) groups excluding carboxylic acids is 1. The number of ether oxygens (including phenoxy) is 2. The number of carbonyl (C=O) groups is 1. The summed E-state index contributed by atoms with van der Waals surface area (Å²) >= 11 is 0. The summed E-state index contributed by atoms with van der Waals surface area (Å²) in [5, 5.41) is 11.9. The summed E-state index contributed by atoms with van der Waals surface area (Å²) in [6.07, 6.45) is 7.35. The van der Waals surface area contributed by atoms with Gasteiger partial charge in [0.05, 0.1) is 6.10 Å². The average Bonchev–Trinajstić information content (AvgIpc) is 3.25. The minimum Gasteiger partial charge on any atom is -0.467 e. The summed E-state index contributed by atoms with van der Waals surface area (Å²) in [6, 6.07) is 3.46. The minimum atomic E-state index is -0.00559. The fourth-order valence-corrected chi connectivity index (χ4v) is 4.33. The van der Waals surface area contributed by atoms with Crippen LogP contribution in [0, 0.1) is 5.41 Å². The Morgan fingerprint density at radius 3 is 3.12 bits per heavy atom. The van der Waals surface area contributed by atoms with E-state index in [0.717, 1.165) is 38.8 Å². The van der Waals surface area contributed by atoms with Crippen molar-refractivity contribution in [1.29, 1.82) is 0 Å². The summed E-state index contributed by atoms with van der Waals surface area (Å²) in [5.74, 6) is 0.398. The Labute approximate surface area is 146 Å². The van der Waals surface area contributed by atoms with E-state index in [4.69, 9.17) is 9.47 Å². The van der Waals surface area contributed by atoms with Crippen LogP contribution in [-0.4, -0.2) is 63.5 Å². The molecule has 2 atom stereocenters. The Kier molecular flexibility index (Phi) is 4.29. The molecule has 1 saturated carbocycles. The number of hydrogen-bond acceptors (Lipinski definition) is 6. The van der Waals surface area contributed by atoms with Crippen molar-refractivity contribution in [1.82, 2.24) is 24.7 Å². The number of aromatic nitrogens is 4. The van der Waals surface area contributed by atoms with Gasteiger partial charge < -0.3 is 14.4 Å². The zero-order valence-electron chi connectivity index (χ0n) is 14.4. The van der Waals surface area contributed by atoms with Crippen LogP contribution in [0.3, 0.4) is 0 Å². The number of hydrogen-bond donors (Lipinski definition) is 0. The number of rotatable bonds is 4. The summed E-state index contributed by atoms with van der Waals surface area (Å²) in [6.45, 7) is 1.55. The maximum absolute atomic E-state index is 12.6. The molecule has 0 aromatic carbocycles. The van der Waals surface area contributed by atoms with Crippen LogP contribution in [0.25, 0.3) is 5.65 Å². The van der Waals surface area contributed by atoms with Crippen LogP contribution in [0.4, 0.5) is 0 Å². The van der Waals surface area contributed by atoms with Gasteiger partial charge in [0.25, 0.3) is 5.91 Å². The van der Waals surface area contributed by atoms with Crippen LogP contribution in [0.1, 0.15) is 32.1 Å². The summed E-state index contributed by atoms with van der Waals surface area (Å²) < 4.78 is 12.8. The molecule has 1 aliphatic heterocycles. The molecule has 0 radical (unpaired) electrons. The van der Waals surface area contributed by atoms with Crippen molar-refractivity contribution < 1.29 is 14.3 Å². The second kappa shape index (κ2) is 6.59. The Morgan fingerprint density at radius 1 is 1.36 bits per heavy atom. The van der Waals surface area contributed by atoms with Crippen molar-refractivity contribution in [3.05, 3.63) is 18.5 Å². The van der Waals surface area contributed by atoms with Gasteiger partial charge in [-0.15, -0.1) is 15.3 Å². The molecule has 25 heavy (non-hydrogen) atoms. The Balaban J connectivity index is 1.38. The molecule has 2 aromatic rings. The van der Waals surface area contributed by atoms with E-state index < -0.39 is 0 Å². The van der Waals surface area contributed by atoms with E-state index in [9.17, 15) is 4.79 Å². The number of piperidine rings is 1.